The van der Waals surface area contributed by atoms with Gasteiger partial charge in [-0.1, -0.05) is 0 Å². The number of furan rings is 1. The van der Waals surface area contributed by atoms with Gasteiger partial charge in [-0.05, 0) is 18.2 Å². The lowest BCUT2D eigenvalue weighted by Crippen LogP contribution is -2.29. The molecule has 0 bridgehead atoms. The van der Waals surface area contributed by atoms with Crippen LogP contribution in [0.4, 0.5) is 23.7 Å². The Bertz CT molecular complexity index is 905. The molecule has 0 spiro atoms. The highest BCUT2D eigenvalue weighted by molar-refractivity contribution is 5.88. The number of nitrogens with zero attached hydrogens (tertiary/aromatic N) is 3. The topological polar surface area (TPSA) is 105 Å². The second-order valence-corrected chi connectivity index (χ2v) is 5.42. The van der Waals surface area contributed by atoms with Crippen molar-refractivity contribution in [3.63, 3.8) is 0 Å². The van der Waals surface area contributed by atoms with Gasteiger partial charge in [0, 0.05) is 6.07 Å². The van der Waals surface area contributed by atoms with Gasteiger partial charge in [0.25, 0.3) is 0 Å². The van der Waals surface area contributed by atoms with Crippen molar-refractivity contribution in [2.24, 2.45) is 0 Å². The van der Waals surface area contributed by atoms with Crippen LogP contribution in [0.15, 0.2) is 47.4 Å². The highest BCUT2D eigenvalue weighted by Crippen LogP contribution is 2.29. The molecule has 0 aliphatic carbocycles. The van der Waals surface area contributed by atoms with Crippen molar-refractivity contribution in [3.8, 4) is 5.69 Å². The van der Waals surface area contributed by atoms with Crippen molar-refractivity contribution in [1.29, 1.82) is 0 Å². The molecule has 0 radical (unpaired) electrons. The molecule has 11 heteroatoms. The van der Waals surface area contributed by atoms with E-state index in [0.29, 0.717) is 17.1 Å². The van der Waals surface area contributed by atoms with E-state index in [1.165, 1.54) is 36.9 Å². The number of nitrogens with one attached hydrogen (secondary N) is 2. The van der Waals surface area contributed by atoms with Crippen LogP contribution in [-0.2, 0) is 19.3 Å². The molecular formula is C16H14F3N5O3. The zero-order valence-corrected chi connectivity index (χ0v) is 13.7. The van der Waals surface area contributed by atoms with Crippen LogP contribution in [0.2, 0.25) is 0 Å². The molecule has 3 aromatic heterocycles. The Morgan fingerprint density at radius 3 is 2.70 bits per heavy atom. The Kier molecular flexibility index (Phi) is 5.12. The van der Waals surface area contributed by atoms with Gasteiger partial charge in [0.1, 0.15) is 12.0 Å². The van der Waals surface area contributed by atoms with E-state index in [9.17, 15) is 18.0 Å². The molecule has 0 atom stereocenters. The molecule has 0 saturated carbocycles. The zero-order chi connectivity index (χ0) is 19.4. The van der Waals surface area contributed by atoms with Crippen LogP contribution in [0.25, 0.3) is 5.69 Å². The number of pyridine rings is 1. The van der Waals surface area contributed by atoms with Crippen LogP contribution >= 0.6 is 0 Å². The minimum atomic E-state index is -4.62. The first kappa shape index (κ1) is 18.5. The number of hydrogen-bond acceptors (Lipinski definition) is 5. The van der Waals surface area contributed by atoms with Gasteiger partial charge in [0.15, 0.2) is 5.69 Å². The Morgan fingerprint density at radius 1 is 1.30 bits per heavy atom. The Hall–Kier alpha value is -3.34. The van der Waals surface area contributed by atoms with E-state index in [1.54, 1.807) is 0 Å². The van der Waals surface area contributed by atoms with Gasteiger partial charge in [-0.25, -0.2) is 9.48 Å². The fraction of sp³-hybridized carbons (Fsp3) is 0.188. The Morgan fingerprint density at radius 2 is 2.11 bits per heavy atom. The summed E-state index contributed by atoms with van der Waals surface area (Å²) in [5, 5.41) is 17.4. The van der Waals surface area contributed by atoms with E-state index < -0.39 is 17.9 Å². The second-order valence-electron chi connectivity index (χ2n) is 5.42. The number of halogens is 3. The van der Waals surface area contributed by atoms with Crippen LogP contribution in [0.3, 0.4) is 0 Å². The smallest absolute Gasteiger partial charge is 0.435 e. The number of rotatable bonds is 5. The standard InChI is InChI=1S/C16H14F3N5O3/c17-16(18,19)14-5-13(24(23-14)12-3-4-27-9-12)7-21-15(26)22-10-1-2-11(8-25)20-6-10/h1-6,9,25H,7-8H2,(H2,21,22,26). The average Bonchev–Trinajstić information content (AvgIpc) is 3.29. The first-order valence-electron chi connectivity index (χ1n) is 7.66. The van der Waals surface area contributed by atoms with Crippen molar-refractivity contribution in [1.82, 2.24) is 20.1 Å². The van der Waals surface area contributed by atoms with Gasteiger partial charge >= 0.3 is 12.2 Å². The second kappa shape index (κ2) is 7.50. The molecule has 3 rings (SSSR count). The maximum Gasteiger partial charge on any atom is 0.435 e. The van der Waals surface area contributed by atoms with Crippen LogP contribution in [-0.4, -0.2) is 25.9 Å². The predicted molar refractivity (Wildman–Crippen MR) is 86.9 cm³/mol. The maximum absolute atomic E-state index is 12.9. The quantitative estimate of drug-likeness (QED) is 0.630. The van der Waals surface area contributed by atoms with Crippen molar-refractivity contribution in [2.45, 2.75) is 19.3 Å². The van der Waals surface area contributed by atoms with E-state index in [2.05, 4.69) is 20.7 Å². The lowest BCUT2D eigenvalue weighted by Gasteiger charge is -2.09. The molecule has 27 heavy (non-hydrogen) atoms. The lowest BCUT2D eigenvalue weighted by atomic mass is 10.3. The van der Waals surface area contributed by atoms with E-state index in [4.69, 9.17) is 9.52 Å². The zero-order valence-electron chi connectivity index (χ0n) is 13.7. The molecule has 0 fully saturated rings. The number of urea groups is 1. The molecule has 142 valence electrons. The van der Waals surface area contributed by atoms with Gasteiger partial charge in [0.05, 0.1) is 42.7 Å². The predicted octanol–water partition coefficient (Wildman–Crippen LogP) is 2.69. The summed E-state index contributed by atoms with van der Waals surface area (Å²) < 4.78 is 44.8. The fourth-order valence-corrected chi connectivity index (χ4v) is 2.22. The summed E-state index contributed by atoms with van der Waals surface area (Å²) in [7, 11) is 0. The largest absolute Gasteiger partial charge is 0.470 e. The van der Waals surface area contributed by atoms with Gasteiger partial charge in [0.2, 0.25) is 0 Å². The molecule has 0 unspecified atom stereocenters. The molecule has 0 aliphatic heterocycles. The van der Waals surface area contributed by atoms with Gasteiger partial charge in [-0.15, -0.1) is 0 Å². The molecule has 2 amide bonds. The van der Waals surface area contributed by atoms with Crippen LogP contribution in [0.5, 0.6) is 0 Å². The SMILES string of the molecule is O=C(NCc1cc(C(F)(F)F)nn1-c1ccoc1)Nc1ccc(CO)nc1. The highest BCUT2D eigenvalue weighted by Gasteiger charge is 2.35. The van der Waals surface area contributed by atoms with Crippen LogP contribution in [0.1, 0.15) is 17.1 Å². The number of aromatic nitrogens is 3. The van der Waals surface area contributed by atoms with E-state index in [0.717, 1.165) is 10.7 Å². The minimum Gasteiger partial charge on any atom is -0.470 e. The summed E-state index contributed by atoms with van der Waals surface area (Å²) in [6.07, 6.45) is -0.725. The number of carbonyl (C=O) groups is 1. The first-order chi connectivity index (χ1) is 12.9. The summed E-state index contributed by atoms with van der Waals surface area (Å²) in [6.45, 7) is -0.436. The number of anilines is 1. The number of aliphatic hydroxyl groups excluding tert-OH is 1. The maximum atomic E-state index is 12.9. The minimum absolute atomic E-state index is 0.118. The molecule has 3 heterocycles. The van der Waals surface area contributed by atoms with Crippen LogP contribution in [0, 0.1) is 0 Å². The van der Waals surface area contributed by atoms with E-state index >= 15 is 0 Å². The molecule has 3 aromatic rings. The first-order valence-corrected chi connectivity index (χ1v) is 7.66. The highest BCUT2D eigenvalue weighted by atomic mass is 19.4. The lowest BCUT2D eigenvalue weighted by molar-refractivity contribution is -0.141. The van der Waals surface area contributed by atoms with Crippen molar-refractivity contribution in [3.05, 3.63) is 60.1 Å². The molecule has 3 N–H and O–H groups in total. The molecule has 0 aromatic carbocycles. The Balaban J connectivity index is 1.71. The summed E-state index contributed by atoms with van der Waals surface area (Å²) in [5.74, 6) is 0. The molecule has 8 nitrogen and oxygen atoms in total. The monoisotopic (exact) mass is 381 g/mol. The summed E-state index contributed by atoms with van der Waals surface area (Å²) in [6, 6.07) is 4.73. The number of hydrogen-bond donors (Lipinski definition) is 3. The fourth-order valence-electron chi connectivity index (χ4n) is 2.22. The third kappa shape index (κ3) is 4.44. The van der Waals surface area contributed by atoms with E-state index in [-0.39, 0.29) is 18.8 Å². The number of carbonyl (C=O) groups excluding carboxylic acids is 1. The molecular weight excluding hydrogens is 367 g/mol. The Labute approximate surface area is 150 Å². The van der Waals surface area contributed by atoms with Crippen LogP contribution < -0.4 is 10.6 Å². The molecule has 0 saturated heterocycles. The third-order valence-corrected chi connectivity index (χ3v) is 3.50. The van der Waals surface area contributed by atoms with E-state index in [1.807, 2.05) is 0 Å². The van der Waals surface area contributed by atoms with Gasteiger partial charge in [-0.3, -0.25) is 4.98 Å². The number of alkyl halides is 3. The third-order valence-electron chi connectivity index (χ3n) is 3.50. The van der Waals surface area contributed by atoms with Crippen molar-refractivity contribution in [2.75, 3.05) is 5.32 Å². The van der Waals surface area contributed by atoms with Gasteiger partial charge in [-0.2, -0.15) is 18.3 Å². The van der Waals surface area contributed by atoms with Gasteiger partial charge < -0.3 is 20.2 Å². The summed E-state index contributed by atoms with van der Waals surface area (Å²) >= 11 is 0. The van der Waals surface area contributed by atoms with Crippen molar-refractivity contribution < 1.29 is 27.5 Å². The normalized spacial score (nSPS) is 11.4. The van der Waals surface area contributed by atoms with Crippen molar-refractivity contribution >= 4 is 11.7 Å². The molecule has 0 aliphatic rings. The summed E-state index contributed by atoms with van der Waals surface area (Å²) in [4.78, 5) is 15.9. The average molecular weight is 381 g/mol. The number of amides is 2. The number of aliphatic hydroxyl groups is 1. The summed E-state index contributed by atoms with van der Waals surface area (Å²) in [5.41, 5.74) is 0.137.